The van der Waals surface area contributed by atoms with Crippen LogP contribution in [-0.2, 0) is 4.84 Å². The minimum atomic E-state index is -2.54. The zero-order chi connectivity index (χ0) is 10.5. The average molecular weight is 165 g/mol. The summed E-state index contributed by atoms with van der Waals surface area (Å²) >= 11 is 1.29. The summed E-state index contributed by atoms with van der Waals surface area (Å²) < 4.78 is 20.0. The Balaban J connectivity index is 3.90. The molecule has 0 aliphatic carbocycles. The molecule has 1 N–H and O–H groups in total. The minimum absolute atomic E-state index is 0.528. The molecule has 0 aromatic rings. The van der Waals surface area contributed by atoms with Gasteiger partial charge in [0.25, 0.3) is 0 Å². The van der Waals surface area contributed by atoms with Crippen molar-refractivity contribution in [1.29, 1.82) is 0 Å². The van der Waals surface area contributed by atoms with Gasteiger partial charge in [-0.1, -0.05) is 5.16 Å². The molecule has 0 saturated heterocycles. The van der Waals surface area contributed by atoms with E-state index in [1.165, 1.54) is 11.8 Å². The van der Waals surface area contributed by atoms with E-state index in [0.717, 1.165) is 0 Å². The van der Waals surface area contributed by atoms with Gasteiger partial charge in [0.15, 0.2) is 0 Å². The molecule has 0 spiro atoms. The molecule has 0 radical (unpaired) electrons. The fourth-order valence-corrected chi connectivity index (χ4v) is 0.278. The lowest BCUT2D eigenvalue weighted by Gasteiger charge is -1.95. The second-order valence-electron chi connectivity index (χ2n) is 1.32. The molecule has 0 fully saturated rings. The Labute approximate surface area is 68.2 Å². The van der Waals surface area contributed by atoms with Gasteiger partial charge in [-0.2, -0.15) is 0 Å². The van der Waals surface area contributed by atoms with E-state index in [9.17, 15) is 4.79 Å². The Morgan fingerprint density at radius 3 is 3.10 bits per heavy atom. The number of thioether (sulfide) groups is 1. The maximum Gasteiger partial charge on any atom is 0.433 e. The van der Waals surface area contributed by atoms with Gasteiger partial charge in [-0.3, -0.25) is 4.84 Å². The number of rotatable bonds is 1. The molecule has 0 heterocycles. The van der Waals surface area contributed by atoms with Crippen molar-refractivity contribution in [2.45, 2.75) is 6.92 Å². The van der Waals surface area contributed by atoms with Gasteiger partial charge in [0.2, 0.25) is 0 Å². The van der Waals surface area contributed by atoms with Crippen molar-refractivity contribution >= 4 is 22.9 Å². The molecule has 0 rings (SSSR count). The number of hydrogen-bond donors (Lipinski definition) is 1. The summed E-state index contributed by atoms with van der Waals surface area (Å²) in [6, 6.07) is 0. The predicted molar refractivity (Wildman–Crippen MR) is 42.2 cm³/mol. The van der Waals surface area contributed by atoms with E-state index in [1.807, 2.05) is 0 Å². The van der Waals surface area contributed by atoms with E-state index < -0.39 is 13.1 Å². The second kappa shape index (κ2) is 5.10. The van der Waals surface area contributed by atoms with Crippen LogP contribution in [0.15, 0.2) is 5.16 Å². The molecule has 0 aliphatic rings. The molecule has 0 aromatic heterocycles. The molecule has 0 saturated carbocycles. The van der Waals surface area contributed by atoms with Gasteiger partial charge in [-0.05, 0) is 13.2 Å². The lowest BCUT2D eigenvalue weighted by molar-refractivity contribution is 0.153. The normalized spacial score (nSPS) is 16.6. The first kappa shape index (κ1) is 5.01. The first-order valence-electron chi connectivity index (χ1n) is 3.93. The predicted octanol–water partition coefficient (Wildman–Crippen LogP) is 1.04. The van der Waals surface area contributed by atoms with Crippen LogP contribution in [-0.4, -0.2) is 24.4 Å². The molecular formula is C5H10N2O2S. The SMILES string of the molecule is [2H]C([2H])([2H])NC(=O)ON=C(C)SC. The minimum Gasteiger partial charge on any atom is -0.323 e. The van der Waals surface area contributed by atoms with E-state index in [1.54, 1.807) is 18.5 Å². The Morgan fingerprint density at radius 2 is 2.60 bits per heavy atom. The third kappa shape index (κ3) is 4.20. The fourth-order valence-electron chi connectivity index (χ4n) is 0.166. The van der Waals surface area contributed by atoms with E-state index in [0.29, 0.717) is 5.04 Å². The lowest BCUT2D eigenvalue weighted by Crippen LogP contribution is -2.16. The summed E-state index contributed by atoms with van der Waals surface area (Å²) in [6.07, 6.45) is 0.664. The van der Waals surface area contributed by atoms with Crippen LogP contribution in [0.1, 0.15) is 11.0 Å². The highest BCUT2D eigenvalue weighted by Crippen LogP contribution is 1.96. The number of oxime groups is 1. The first-order valence-corrected chi connectivity index (χ1v) is 3.65. The largest absolute Gasteiger partial charge is 0.433 e. The lowest BCUT2D eigenvalue weighted by atomic mass is 10.9. The summed E-state index contributed by atoms with van der Waals surface area (Å²) in [5, 5.41) is 5.49. The van der Waals surface area contributed by atoms with Crippen molar-refractivity contribution < 1.29 is 13.7 Å². The van der Waals surface area contributed by atoms with Crippen LogP contribution in [0, 0.1) is 0 Å². The van der Waals surface area contributed by atoms with Crippen LogP contribution in [0.2, 0.25) is 0 Å². The van der Waals surface area contributed by atoms with Crippen LogP contribution in [0.25, 0.3) is 0 Å². The van der Waals surface area contributed by atoms with Crippen LogP contribution in [0.3, 0.4) is 0 Å². The van der Waals surface area contributed by atoms with Gasteiger partial charge < -0.3 is 5.32 Å². The van der Waals surface area contributed by atoms with Gasteiger partial charge in [0.1, 0.15) is 5.04 Å². The Bertz CT molecular complexity index is 216. The molecule has 4 nitrogen and oxygen atoms in total. The van der Waals surface area contributed by atoms with Crippen molar-refractivity contribution in [3.05, 3.63) is 0 Å². The standard InChI is InChI=1S/C5H10N2O2S/c1-4(10-3)7-9-5(8)6-2/h1-3H3,(H,6,8)/i2D3. The maximum atomic E-state index is 10.7. The highest BCUT2D eigenvalue weighted by molar-refractivity contribution is 8.13. The highest BCUT2D eigenvalue weighted by atomic mass is 32.2. The van der Waals surface area contributed by atoms with Crippen molar-refractivity contribution in [2.75, 3.05) is 13.2 Å². The van der Waals surface area contributed by atoms with Gasteiger partial charge in [-0.15, -0.1) is 11.8 Å². The number of hydrogen-bond acceptors (Lipinski definition) is 4. The van der Waals surface area contributed by atoms with Crippen LogP contribution >= 0.6 is 11.8 Å². The number of carbonyl (C=O) groups excluding carboxylic acids is 1. The molecule has 58 valence electrons. The van der Waals surface area contributed by atoms with E-state index in [2.05, 4.69) is 9.99 Å². The average Bonchev–Trinajstić information content (AvgIpc) is 1.97. The third-order valence-electron chi connectivity index (χ3n) is 0.655. The van der Waals surface area contributed by atoms with E-state index in [-0.39, 0.29) is 0 Å². The summed E-state index contributed by atoms with van der Waals surface area (Å²) in [5.41, 5.74) is 0. The molecule has 0 aromatic carbocycles. The number of amides is 1. The summed E-state index contributed by atoms with van der Waals surface area (Å²) in [7, 11) is 0. The molecule has 0 bridgehead atoms. The topological polar surface area (TPSA) is 50.7 Å². The third-order valence-corrected chi connectivity index (χ3v) is 1.32. The summed E-state index contributed by atoms with van der Waals surface area (Å²) in [6.45, 7) is -0.910. The quantitative estimate of drug-likeness (QED) is 0.273. The van der Waals surface area contributed by atoms with Crippen molar-refractivity contribution in [2.24, 2.45) is 5.16 Å². The monoisotopic (exact) mass is 165 g/mol. The molecular weight excluding hydrogens is 152 g/mol. The van der Waals surface area contributed by atoms with Gasteiger partial charge in [0.05, 0.1) is 0 Å². The Kier molecular flexibility index (Phi) is 2.56. The number of nitrogens with zero attached hydrogens (tertiary/aromatic N) is 1. The van der Waals surface area contributed by atoms with Crippen molar-refractivity contribution in [3.8, 4) is 0 Å². The second-order valence-corrected chi connectivity index (χ2v) is 2.32. The molecule has 0 unspecified atom stereocenters. The van der Waals surface area contributed by atoms with Crippen LogP contribution < -0.4 is 5.32 Å². The summed E-state index contributed by atoms with van der Waals surface area (Å²) in [4.78, 5) is 14.9. The highest BCUT2D eigenvalue weighted by Gasteiger charge is 1.94. The molecule has 0 aliphatic heterocycles. The molecule has 1 amide bonds. The van der Waals surface area contributed by atoms with Crippen molar-refractivity contribution in [1.82, 2.24) is 5.32 Å². The fraction of sp³-hybridized carbons (Fsp3) is 0.600. The zero-order valence-corrected chi connectivity index (χ0v) is 6.49. The number of carbonyl (C=O) groups is 1. The first-order chi connectivity index (χ1) is 5.85. The molecule has 0 atom stereocenters. The maximum absolute atomic E-state index is 10.7. The number of nitrogens with one attached hydrogen (secondary N) is 1. The van der Waals surface area contributed by atoms with Gasteiger partial charge >= 0.3 is 6.09 Å². The van der Waals surface area contributed by atoms with Gasteiger partial charge in [0, 0.05) is 11.1 Å². The smallest absolute Gasteiger partial charge is 0.323 e. The zero-order valence-electron chi connectivity index (χ0n) is 8.67. The van der Waals surface area contributed by atoms with E-state index in [4.69, 9.17) is 4.11 Å². The van der Waals surface area contributed by atoms with Crippen molar-refractivity contribution in [3.63, 3.8) is 0 Å². The Morgan fingerprint density at radius 1 is 1.90 bits per heavy atom. The van der Waals surface area contributed by atoms with Crippen LogP contribution in [0.5, 0.6) is 0 Å². The van der Waals surface area contributed by atoms with Crippen LogP contribution in [0.4, 0.5) is 4.79 Å². The van der Waals surface area contributed by atoms with E-state index >= 15 is 0 Å². The summed E-state index contributed by atoms with van der Waals surface area (Å²) in [5.74, 6) is 0. The van der Waals surface area contributed by atoms with Gasteiger partial charge in [-0.25, -0.2) is 4.79 Å². The molecule has 10 heavy (non-hydrogen) atoms. The molecule has 5 heteroatoms. The Hall–Kier alpha value is -0.710.